The van der Waals surface area contributed by atoms with E-state index in [1.807, 2.05) is 6.07 Å². The lowest BCUT2D eigenvalue weighted by atomic mass is 10.2. The summed E-state index contributed by atoms with van der Waals surface area (Å²) in [4.78, 5) is 4.73. The van der Waals surface area contributed by atoms with Gasteiger partial charge in [-0.05, 0) is 44.9 Å². The molecule has 0 unspecified atom stereocenters. The van der Waals surface area contributed by atoms with Gasteiger partial charge >= 0.3 is 0 Å². The molecule has 0 radical (unpaired) electrons. The van der Waals surface area contributed by atoms with Crippen LogP contribution in [0.15, 0.2) is 18.3 Å². The molecule has 1 aliphatic carbocycles. The average Bonchev–Trinajstić information content (AvgIpc) is 3.23. The largest absolute Gasteiger partial charge is 0.351 e. The smallest absolute Gasteiger partial charge is 0.151 e. The van der Waals surface area contributed by atoms with E-state index < -0.39 is 0 Å². The molecule has 3 heterocycles. The lowest BCUT2D eigenvalue weighted by Crippen LogP contribution is -2.39. The molecule has 2 aromatic rings. The van der Waals surface area contributed by atoms with Crippen molar-refractivity contribution >= 4 is 5.82 Å². The fraction of sp³-hybridized carbons (Fsp3) is 0.647. The molecule has 2 aromatic heterocycles. The highest BCUT2D eigenvalue weighted by molar-refractivity contribution is 5.39. The Kier molecular flexibility index (Phi) is 4.18. The molecule has 1 aliphatic heterocycles. The normalized spacial score (nSPS) is 21.0. The van der Waals surface area contributed by atoms with Crippen LogP contribution in [0.4, 0.5) is 5.82 Å². The van der Waals surface area contributed by atoms with E-state index in [1.165, 1.54) is 25.7 Å². The number of likely N-dealkylation sites (N-methyl/N-ethyl adjacent to an activating group) is 1. The fourth-order valence-corrected chi connectivity index (χ4v) is 3.65. The third-order valence-electron chi connectivity index (χ3n) is 5.10. The summed E-state index contributed by atoms with van der Waals surface area (Å²) >= 11 is 0. The molecule has 0 bridgehead atoms. The monoisotopic (exact) mass is 327 g/mol. The number of hydrogen-bond donors (Lipinski definition) is 0. The number of hydrogen-bond acceptors (Lipinski definition) is 6. The highest BCUT2D eigenvalue weighted by atomic mass is 15.3. The molecule has 1 atom stereocenters. The standard InChI is InChI=1S/C17H25N7/c1-22(12-16-20-21-17(23(16)2)13-7-8-13)11-14-5-4-10-24(14)15-6-3-9-18-19-15/h3,6,9,13-14H,4-5,7-8,10-12H2,1-2H3/t14-/m0/s1. The van der Waals surface area contributed by atoms with E-state index in [0.717, 1.165) is 37.1 Å². The molecule has 24 heavy (non-hydrogen) atoms. The number of anilines is 1. The first kappa shape index (κ1) is 15.5. The van der Waals surface area contributed by atoms with Gasteiger partial charge in [-0.25, -0.2) is 0 Å². The van der Waals surface area contributed by atoms with Crippen LogP contribution in [0.1, 0.15) is 43.3 Å². The highest BCUT2D eigenvalue weighted by Crippen LogP contribution is 2.38. The molecule has 2 aliphatic rings. The van der Waals surface area contributed by atoms with Gasteiger partial charge in [0.2, 0.25) is 0 Å². The Bertz CT molecular complexity index is 680. The van der Waals surface area contributed by atoms with E-state index >= 15 is 0 Å². The first-order chi connectivity index (χ1) is 11.7. The van der Waals surface area contributed by atoms with Gasteiger partial charge in [-0.3, -0.25) is 4.90 Å². The van der Waals surface area contributed by atoms with Crippen LogP contribution in [0.3, 0.4) is 0 Å². The van der Waals surface area contributed by atoms with Gasteiger partial charge in [0.15, 0.2) is 5.82 Å². The Morgan fingerprint density at radius 3 is 2.83 bits per heavy atom. The van der Waals surface area contributed by atoms with Gasteiger partial charge in [0.05, 0.1) is 6.54 Å². The first-order valence-corrected chi connectivity index (χ1v) is 8.83. The molecule has 0 amide bonds. The van der Waals surface area contributed by atoms with Crippen molar-refractivity contribution in [1.29, 1.82) is 0 Å². The Labute approximate surface area is 142 Å². The lowest BCUT2D eigenvalue weighted by Gasteiger charge is -2.29. The van der Waals surface area contributed by atoms with Gasteiger partial charge in [0, 0.05) is 38.3 Å². The van der Waals surface area contributed by atoms with Crippen LogP contribution in [0.25, 0.3) is 0 Å². The zero-order chi connectivity index (χ0) is 16.5. The van der Waals surface area contributed by atoms with Gasteiger partial charge in [-0.1, -0.05) is 0 Å². The first-order valence-electron chi connectivity index (χ1n) is 8.83. The quantitative estimate of drug-likeness (QED) is 0.803. The van der Waals surface area contributed by atoms with E-state index in [1.54, 1.807) is 6.20 Å². The van der Waals surface area contributed by atoms with Gasteiger partial charge in [0.1, 0.15) is 11.6 Å². The lowest BCUT2D eigenvalue weighted by molar-refractivity contribution is 0.292. The van der Waals surface area contributed by atoms with Gasteiger partial charge in [-0.15, -0.1) is 15.3 Å². The van der Waals surface area contributed by atoms with E-state index in [4.69, 9.17) is 0 Å². The van der Waals surface area contributed by atoms with Crippen LogP contribution in [0.2, 0.25) is 0 Å². The molecule has 128 valence electrons. The summed E-state index contributed by atoms with van der Waals surface area (Å²) in [7, 11) is 4.26. The SMILES string of the molecule is CN(Cc1nnc(C2CC2)n1C)C[C@@H]1CCCN1c1cccnn1. The maximum Gasteiger partial charge on any atom is 0.151 e. The van der Waals surface area contributed by atoms with Gasteiger partial charge in [0.25, 0.3) is 0 Å². The third kappa shape index (κ3) is 3.13. The third-order valence-corrected chi connectivity index (χ3v) is 5.10. The molecule has 1 saturated carbocycles. The maximum atomic E-state index is 4.40. The van der Waals surface area contributed by atoms with E-state index in [0.29, 0.717) is 12.0 Å². The van der Waals surface area contributed by atoms with E-state index in [9.17, 15) is 0 Å². The minimum Gasteiger partial charge on any atom is -0.351 e. The second kappa shape index (κ2) is 6.47. The Morgan fingerprint density at radius 1 is 1.21 bits per heavy atom. The van der Waals surface area contributed by atoms with Crippen LogP contribution in [0.5, 0.6) is 0 Å². The van der Waals surface area contributed by atoms with Crippen molar-refractivity contribution in [2.45, 2.75) is 44.2 Å². The fourth-order valence-electron chi connectivity index (χ4n) is 3.65. The minimum absolute atomic E-state index is 0.489. The molecule has 1 saturated heterocycles. The summed E-state index contributed by atoms with van der Waals surface area (Å²) in [6, 6.07) is 4.50. The van der Waals surface area contributed by atoms with Crippen LogP contribution in [-0.2, 0) is 13.6 Å². The summed E-state index contributed by atoms with van der Waals surface area (Å²) in [5, 5.41) is 17.1. The summed E-state index contributed by atoms with van der Waals surface area (Å²) in [6.07, 6.45) is 6.66. The topological polar surface area (TPSA) is 63.0 Å². The molecule has 4 rings (SSSR count). The van der Waals surface area contributed by atoms with Crippen LogP contribution >= 0.6 is 0 Å². The molecule has 7 nitrogen and oxygen atoms in total. The molecule has 0 aromatic carbocycles. The van der Waals surface area contributed by atoms with Crippen molar-refractivity contribution in [2.75, 3.05) is 25.0 Å². The summed E-state index contributed by atoms with van der Waals surface area (Å²) in [5.41, 5.74) is 0. The van der Waals surface area contributed by atoms with Crippen molar-refractivity contribution in [2.24, 2.45) is 7.05 Å². The highest BCUT2D eigenvalue weighted by Gasteiger charge is 2.30. The predicted molar refractivity (Wildman–Crippen MR) is 91.7 cm³/mol. The van der Waals surface area contributed by atoms with Crippen LogP contribution < -0.4 is 4.90 Å². The Balaban J connectivity index is 1.39. The maximum absolute atomic E-state index is 4.40. The molecular weight excluding hydrogens is 302 g/mol. The van der Waals surface area contributed by atoms with Crippen LogP contribution in [0, 0.1) is 0 Å². The van der Waals surface area contributed by atoms with Gasteiger partial charge in [-0.2, -0.15) is 5.10 Å². The number of nitrogens with zero attached hydrogens (tertiary/aromatic N) is 7. The predicted octanol–water partition coefficient (Wildman–Crippen LogP) is 1.58. The molecule has 0 spiro atoms. The molecule has 0 N–H and O–H groups in total. The minimum atomic E-state index is 0.489. The second-order valence-electron chi connectivity index (χ2n) is 7.08. The van der Waals surface area contributed by atoms with Crippen LogP contribution in [-0.4, -0.2) is 56.0 Å². The Hall–Kier alpha value is -2.02. The summed E-state index contributed by atoms with van der Waals surface area (Å²) < 4.78 is 2.18. The van der Waals surface area contributed by atoms with Crippen molar-refractivity contribution in [3.05, 3.63) is 30.0 Å². The van der Waals surface area contributed by atoms with E-state index in [2.05, 4.69) is 54.9 Å². The number of rotatable bonds is 6. The second-order valence-corrected chi connectivity index (χ2v) is 7.08. The van der Waals surface area contributed by atoms with Crippen molar-refractivity contribution in [3.8, 4) is 0 Å². The Morgan fingerprint density at radius 2 is 2.08 bits per heavy atom. The van der Waals surface area contributed by atoms with Crippen molar-refractivity contribution in [1.82, 2.24) is 29.9 Å². The van der Waals surface area contributed by atoms with Crippen molar-refractivity contribution in [3.63, 3.8) is 0 Å². The van der Waals surface area contributed by atoms with Crippen molar-refractivity contribution < 1.29 is 0 Å². The summed E-state index contributed by atoms with van der Waals surface area (Å²) in [5.74, 6) is 3.84. The average molecular weight is 327 g/mol. The van der Waals surface area contributed by atoms with E-state index in [-0.39, 0.29) is 0 Å². The summed E-state index contributed by atoms with van der Waals surface area (Å²) in [6.45, 7) is 2.90. The molecular formula is C17H25N7. The van der Waals surface area contributed by atoms with Gasteiger partial charge < -0.3 is 9.47 Å². The molecule has 7 heteroatoms. The zero-order valence-corrected chi connectivity index (χ0v) is 14.5. The zero-order valence-electron chi connectivity index (χ0n) is 14.5. The molecule has 2 fully saturated rings. The number of aromatic nitrogens is 5.